The largest absolute Gasteiger partial charge is 0.468 e. The van der Waals surface area contributed by atoms with Gasteiger partial charge in [-0.15, -0.1) is 0 Å². The Balaban J connectivity index is 2.31. The zero-order chi connectivity index (χ0) is 15.0. The molecule has 1 fully saturated rings. The first-order valence-electron chi connectivity index (χ1n) is 8.05. The maximum atomic E-state index is 11.8. The summed E-state index contributed by atoms with van der Waals surface area (Å²) in [5, 5.41) is 3.10. The molecule has 0 amide bonds. The van der Waals surface area contributed by atoms with E-state index in [4.69, 9.17) is 4.74 Å². The monoisotopic (exact) mass is 284 g/mol. The van der Waals surface area contributed by atoms with Crippen LogP contribution < -0.4 is 5.32 Å². The number of nitrogens with one attached hydrogen (secondary N) is 1. The lowest BCUT2D eigenvalue weighted by atomic mass is 9.95. The van der Waals surface area contributed by atoms with Crippen molar-refractivity contribution in [2.24, 2.45) is 0 Å². The van der Waals surface area contributed by atoms with Crippen LogP contribution in [0.5, 0.6) is 0 Å². The maximum Gasteiger partial charge on any atom is 0.325 e. The van der Waals surface area contributed by atoms with Crippen molar-refractivity contribution in [2.45, 2.75) is 70.4 Å². The van der Waals surface area contributed by atoms with E-state index in [-0.39, 0.29) is 5.97 Å². The van der Waals surface area contributed by atoms with Gasteiger partial charge >= 0.3 is 5.97 Å². The highest BCUT2D eigenvalue weighted by molar-refractivity contribution is 5.80. The van der Waals surface area contributed by atoms with E-state index < -0.39 is 5.54 Å². The molecule has 118 valence electrons. The molecule has 1 aliphatic heterocycles. The third kappa shape index (κ3) is 5.06. The Bertz CT molecular complexity index is 296. The third-order valence-electron chi connectivity index (χ3n) is 4.75. The number of carbonyl (C=O) groups excluding carboxylic acids is 1. The van der Waals surface area contributed by atoms with Crippen LogP contribution in [0.1, 0.15) is 58.8 Å². The first-order chi connectivity index (χ1) is 9.53. The average Bonchev–Trinajstić information content (AvgIpc) is 2.67. The van der Waals surface area contributed by atoms with E-state index in [9.17, 15) is 4.79 Å². The van der Waals surface area contributed by atoms with Crippen LogP contribution in [0.3, 0.4) is 0 Å². The number of methoxy groups -OCH3 is 1. The van der Waals surface area contributed by atoms with Crippen molar-refractivity contribution >= 4 is 5.97 Å². The summed E-state index contributed by atoms with van der Waals surface area (Å²) >= 11 is 0. The summed E-state index contributed by atoms with van der Waals surface area (Å²) in [6, 6.07) is 0.716. The Labute approximate surface area is 124 Å². The van der Waals surface area contributed by atoms with E-state index in [1.807, 2.05) is 14.0 Å². The lowest BCUT2D eigenvalue weighted by Gasteiger charge is -2.28. The zero-order valence-corrected chi connectivity index (χ0v) is 13.7. The Morgan fingerprint density at radius 2 is 2.10 bits per heavy atom. The number of rotatable bonds is 7. The van der Waals surface area contributed by atoms with E-state index in [0.29, 0.717) is 6.04 Å². The molecular formula is C16H32N2O2. The van der Waals surface area contributed by atoms with Crippen LogP contribution in [0.15, 0.2) is 0 Å². The highest BCUT2D eigenvalue weighted by Gasteiger charge is 2.31. The number of carbonyl (C=O) groups is 1. The Kier molecular flexibility index (Phi) is 7.52. The van der Waals surface area contributed by atoms with Gasteiger partial charge in [-0.25, -0.2) is 0 Å². The van der Waals surface area contributed by atoms with Crippen LogP contribution in [-0.4, -0.2) is 49.7 Å². The molecule has 4 heteroatoms. The molecule has 0 radical (unpaired) electrons. The summed E-state index contributed by atoms with van der Waals surface area (Å²) in [6.45, 7) is 6.66. The van der Waals surface area contributed by atoms with Crippen molar-refractivity contribution < 1.29 is 9.53 Å². The zero-order valence-electron chi connectivity index (χ0n) is 13.7. The van der Waals surface area contributed by atoms with Gasteiger partial charge in [-0.1, -0.05) is 12.8 Å². The molecule has 2 atom stereocenters. The Morgan fingerprint density at radius 3 is 2.75 bits per heavy atom. The van der Waals surface area contributed by atoms with E-state index in [1.54, 1.807) is 0 Å². The molecule has 0 aromatic rings. The molecule has 0 spiro atoms. The molecule has 0 aromatic carbocycles. The van der Waals surface area contributed by atoms with Crippen LogP contribution in [0.2, 0.25) is 0 Å². The number of ether oxygens (including phenoxy) is 1. The fourth-order valence-corrected chi connectivity index (χ4v) is 3.01. The van der Waals surface area contributed by atoms with Crippen LogP contribution in [-0.2, 0) is 9.53 Å². The molecular weight excluding hydrogens is 252 g/mol. The predicted molar refractivity (Wildman–Crippen MR) is 82.8 cm³/mol. The van der Waals surface area contributed by atoms with Gasteiger partial charge in [0.25, 0.3) is 0 Å². The quantitative estimate of drug-likeness (QED) is 0.576. The van der Waals surface area contributed by atoms with E-state index >= 15 is 0 Å². The summed E-state index contributed by atoms with van der Waals surface area (Å²) in [4.78, 5) is 14.4. The van der Waals surface area contributed by atoms with Gasteiger partial charge in [0.15, 0.2) is 0 Å². The van der Waals surface area contributed by atoms with E-state index in [1.165, 1.54) is 39.3 Å². The maximum absolute atomic E-state index is 11.8. The van der Waals surface area contributed by atoms with Gasteiger partial charge in [-0.2, -0.15) is 0 Å². The standard InChI is InChI=1S/C16H32N2O2/c1-14-10-6-5-8-12-18(14)13-9-7-11-16(2,17-3)15(19)20-4/h14,17H,5-13H2,1-4H3. The Morgan fingerprint density at radius 1 is 1.35 bits per heavy atom. The molecule has 0 bridgehead atoms. The van der Waals surface area contributed by atoms with Gasteiger partial charge in [-0.05, 0) is 66.1 Å². The van der Waals surface area contributed by atoms with E-state index in [2.05, 4.69) is 17.1 Å². The van der Waals surface area contributed by atoms with Crippen molar-refractivity contribution in [2.75, 3.05) is 27.2 Å². The molecule has 1 saturated heterocycles. The predicted octanol–water partition coefficient (Wildman–Crippen LogP) is 2.57. The van der Waals surface area contributed by atoms with Gasteiger partial charge in [0.2, 0.25) is 0 Å². The number of unbranched alkanes of at least 4 members (excludes halogenated alkanes) is 1. The van der Waals surface area contributed by atoms with Gasteiger partial charge in [-0.3, -0.25) is 4.79 Å². The van der Waals surface area contributed by atoms with Crippen LogP contribution in [0.4, 0.5) is 0 Å². The van der Waals surface area contributed by atoms with Crippen molar-refractivity contribution in [3.63, 3.8) is 0 Å². The topological polar surface area (TPSA) is 41.6 Å². The lowest BCUT2D eigenvalue weighted by molar-refractivity contribution is -0.148. The van der Waals surface area contributed by atoms with Gasteiger partial charge in [0, 0.05) is 6.04 Å². The molecule has 0 saturated carbocycles. The molecule has 2 unspecified atom stereocenters. The number of likely N-dealkylation sites (tertiary alicyclic amines) is 1. The highest BCUT2D eigenvalue weighted by atomic mass is 16.5. The van der Waals surface area contributed by atoms with Crippen molar-refractivity contribution in [1.29, 1.82) is 0 Å². The number of hydrogen-bond donors (Lipinski definition) is 1. The normalized spacial score (nSPS) is 23.9. The molecule has 0 aromatic heterocycles. The van der Waals surface area contributed by atoms with Gasteiger partial charge in [0.1, 0.15) is 5.54 Å². The second-order valence-corrected chi connectivity index (χ2v) is 6.27. The van der Waals surface area contributed by atoms with Crippen molar-refractivity contribution in [3.05, 3.63) is 0 Å². The van der Waals surface area contributed by atoms with Crippen molar-refractivity contribution in [1.82, 2.24) is 10.2 Å². The second kappa shape index (κ2) is 8.63. The molecule has 1 heterocycles. The summed E-state index contributed by atoms with van der Waals surface area (Å²) in [5.41, 5.74) is -0.543. The Hall–Kier alpha value is -0.610. The highest BCUT2D eigenvalue weighted by Crippen LogP contribution is 2.19. The summed E-state index contributed by atoms with van der Waals surface area (Å²) < 4.78 is 4.88. The number of hydrogen-bond acceptors (Lipinski definition) is 4. The lowest BCUT2D eigenvalue weighted by Crippen LogP contribution is -2.48. The number of nitrogens with zero attached hydrogens (tertiary/aromatic N) is 1. The molecule has 20 heavy (non-hydrogen) atoms. The fraction of sp³-hybridized carbons (Fsp3) is 0.938. The summed E-state index contributed by atoms with van der Waals surface area (Å²) in [6.07, 6.45) is 8.45. The second-order valence-electron chi connectivity index (χ2n) is 6.27. The minimum Gasteiger partial charge on any atom is -0.468 e. The average molecular weight is 284 g/mol. The van der Waals surface area contributed by atoms with Crippen LogP contribution >= 0.6 is 0 Å². The summed E-state index contributed by atoms with van der Waals surface area (Å²) in [5.74, 6) is -0.164. The first kappa shape index (κ1) is 17.4. The summed E-state index contributed by atoms with van der Waals surface area (Å²) in [7, 11) is 3.28. The minimum absolute atomic E-state index is 0.164. The number of likely N-dealkylation sites (N-methyl/N-ethyl adjacent to an activating group) is 1. The van der Waals surface area contributed by atoms with Crippen molar-refractivity contribution in [3.8, 4) is 0 Å². The van der Waals surface area contributed by atoms with E-state index in [0.717, 1.165) is 25.8 Å². The number of esters is 1. The molecule has 1 aliphatic rings. The molecule has 0 aliphatic carbocycles. The van der Waals surface area contributed by atoms with Gasteiger partial charge in [0.05, 0.1) is 7.11 Å². The molecule has 4 nitrogen and oxygen atoms in total. The fourth-order valence-electron chi connectivity index (χ4n) is 3.01. The minimum atomic E-state index is -0.543. The smallest absolute Gasteiger partial charge is 0.325 e. The van der Waals surface area contributed by atoms with Gasteiger partial charge < -0.3 is 15.0 Å². The third-order valence-corrected chi connectivity index (χ3v) is 4.75. The van der Waals surface area contributed by atoms with Crippen LogP contribution in [0, 0.1) is 0 Å². The first-order valence-corrected chi connectivity index (χ1v) is 8.05. The van der Waals surface area contributed by atoms with Crippen LogP contribution in [0.25, 0.3) is 0 Å². The SMILES string of the molecule is CNC(C)(CCCCN1CCCCCC1C)C(=O)OC. The molecule has 1 rings (SSSR count). The molecule has 1 N–H and O–H groups in total.